The number of hydrogen-bond acceptors (Lipinski definition) is 3. The molecule has 1 atom stereocenters. The molecule has 1 rings (SSSR count). The quantitative estimate of drug-likeness (QED) is 0.802. The summed E-state index contributed by atoms with van der Waals surface area (Å²) in [5.41, 5.74) is 8.02. The monoisotopic (exact) mass is 263 g/mol. The number of hydrogen-bond donors (Lipinski definition) is 1. The van der Waals surface area contributed by atoms with E-state index in [0.29, 0.717) is 6.42 Å². The van der Waals surface area contributed by atoms with E-state index in [1.165, 1.54) is 12.7 Å². The molecule has 1 unspecified atom stereocenters. The SMILES string of the molecule is CCCc1ccc(C(N)CC(C)(C)C(=O)OC)cc1. The van der Waals surface area contributed by atoms with Crippen molar-refractivity contribution in [3.05, 3.63) is 35.4 Å². The van der Waals surface area contributed by atoms with E-state index in [0.717, 1.165) is 18.4 Å². The van der Waals surface area contributed by atoms with Crippen LogP contribution in [0.3, 0.4) is 0 Å². The average Bonchev–Trinajstić information content (AvgIpc) is 2.38. The van der Waals surface area contributed by atoms with Gasteiger partial charge in [-0.2, -0.15) is 0 Å². The highest BCUT2D eigenvalue weighted by molar-refractivity contribution is 5.75. The highest BCUT2D eigenvalue weighted by Gasteiger charge is 2.31. The molecule has 0 heterocycles. The van der Waals surface area contributed by atoms with Crippen LogP contribution in [0.4, 0.5) is 0 Å². The standard InChI is InChI=1S/C16H25NO2/c1-5-6-12-7-9-13(10-8-12)14(17)11-16(2,3)15(18)19-4/h7-10,14H,5-6,11,17H2,1-4H3. The van der Waals surface area contributed by atoms with Crippen molar-refractivity contribution < 1.29 is 9.53 Å². The minimum Gasteiger partial charge on any atom is -0.469 e. The number of benzene rings is 1. The van der Waals surface area contributed by atoms with Crippen molar-refractivity contribution >= 4 is 5.97 Å². The molecule has 19 heavy (non-hydrogen) atoms. The highest BCUT2D eigenvalue weighted by Crippen LogP contribution is 2.29. The van der Waals surface area contributed by atoms with Crippen molar-refractivity contribution in [3.63, 3.8) is 0 Å². The van der Waals surface area contributed by atoms with Gasteiger partial charge in [0, 0.05) is 6.04 Å². The number of carbonyl (C=O) groups is 1. The molecule has 0 radical (unpaired) electrons. The Morgan fingerprint density at radius 2 is 1.89 bits per heavy atom. The van der Waals surface area contributed by atoms with E-state index in [9.17, 15) is 4.79 Å². The third-order valence-electron chi connectivity index (χ3n) is 3.41. The maximum absolute atomic E-state index is 11.7. The summed E-state index contributed by atoms with van der Waals surface area (Å²) in [7, 11) is 1.41. The second-order valence-corrected chi connectivity index (χ2v) is 5.68. The van der Waals surface area contributed by atoms with Gasteiger partial charge in [-0.3, -0.25) is 4.79 Å². The van der Waals surface area contributed by atoms with Crippen LogP contribution in [0.1, 0.15) is 50.8 Å². The van der Waals surface area contributed by atoms with E-state index in [2.05, 4.69) is 31.2 Å². The van der Waals surface area contributed by atoms with Crippen LogP contribution in [-0.4, -0.2) is 13.1 Å². The highest BCUT2D eigenvalue weighted by atomic mass is 16.5. The Hall–Kier alpha value is -1.35. The summed E-state index contributed by atoms with van der Waals surface area (Å²) in [6.45, 7) is 5.90. The van der Waals surface area contributed by atoms with E-state index in [1.54, 1.807) is 0 Å². The van der Waals surface area contributed by atoms with Crippen molar-refractivity contribution in [1.29, 1.82) is 0 Å². The Morgan fingerprint density at radius 1 is 1.32 bits per heavy atom. The van der Waals surface area contributed by atoms with Gasteiger partial charge in [-0.1, -0.05) is 37.6 Å². The number of aryl methyl sites for hydroxylation is 1. The van der Waals surface area contributed by atoms with Crippen LogP contribution in [-0.2, 0) is 16.0 Å². The Labute approximate surface area is 116 Å². The molecule has 2 N–H and O–H groups in total. The van der Waals surface area contributed by atoms with Gasteiger partial charge in [0.25, 0.3) is 0 Å². The van der Waals surface area contributed by atoms with Crippen LogP contribution in [0.15, 0.2) is 24.3 Å². The van der Waals surface area contributed by atoms with E-state index >= 15 is 0 Å². The van der Waals surface area contributed by atoms with Crippen molar-refractivity contribution in [2.24, 2.45) is 11.1 Å². The van der Waals surface area contributed by atoms with Crippen molar-refractivity contribution in [3.8, 4) is 0 Å². The fourth-order valence-corrected chi connectivity index (χ4v) is 2.25. The Kier molecular flexibility index (Phi) is 5.55. The fourth-order valence-electron chi connectivity index (χ4n) is 2.25. The largest absolute Gasteiger partial charge is 0.469 e. The molecule has 0 saturated heterocycles. The molecule has 106 valence electrons. The topological polar surface area (TPSA) is 52.3 Å². The minimum atomic E-state index is -0.559. The molecule has 0 amide bonds. The smallest absolute Gasteiger partial charge is 0.311 e. The number of ether oxygens (including phenoxy) is 1. The molecular weight excluding hydrogens is 238 g/mol. The maximum atomic E-state index is 11.7. The summed E-state index contributed by atoms with van der Waals surface area (Å²) < 4.78 is 4.81. The third-order valence-corrected chi connectivity index (χ3v) is 3.41. The van der Waals surface area contributed by atoms with Gasteiger partial charge in [0.2, 0.25) is 0 Å². The second-order valence-electron chi connectivity index (χ2n) is 5.68. The van der Waals surface area contributed by atoms with Crippen molar-refractivity contribution in [2.45, 2.75) is 46.1 Å². The van der Waals surface area contributed by atoms with Gasteiger partial charge in [0.1, 0.15) is 0 Å². The molecule has 0 aliphatic carbocycles. The third kappa shape index (κ3) is 4.35. The molecule has 0 fully saturated rings. The zero-order valence-corrected chi connectivity index (χ0v) is 12.4. The molecule has 3 nitrogen and oxygen atoms in total. The zero-order valence-electron chi connectivity index (χ0n) is 12.4. The van der Waals surface area contributed by atoms with Crippen molar-refractivity contribution in [1.82, 2.24) is 0 Å². The molecule has 0 aliphatic rings. The Balaban J connectivity index is 2.72. The van der Waals surface area contributed by atoms with Crippen LogP contribution in [0.5, 0.6) is 0 Å². The Morgan fingerprint density at radius 3 is 2.37 bits per heavy atom. The number of nitrogens with two attached hydrogens (primary N) is 1. The first-order chi connectivity index (χ1) is 8.90. The summed E-state index contributed by atoms with van der Waals surface area (Å²) in [4.78, 5) is 11.7. The molecule has 0 bridgehead atoms. The van der Waals surface area contributed by atoms with E-state index in [-0.39, 0.29) is 12.0 Å². The molecule has 1 aromatic carbocycles. The first kappa shape index (κ1) is 15.7. The van der Waals surface area contributed by atoms with Gasteiger partial charge in [0.05, 0.1) is 12.5 Å². The number of rotatable bonds is 6. The number of carbonyl (C=O) groups excluding carboxylic acids is 1. The van der Waals surface area contributed by atoms with Gasteiger partial charge < -0.3 is 10.5 Å². The molecule has 1 aromatic rings. The summed E-state index contributed by atoms with van der Waals surface area (Å²) in [5.74, 6) is -0.217. The van der Waals surface area contributed by atoms with Crippen LogP contribution in [0, 0.1) is 5.41 Å². The number of methoxy groups -OCH3 is 1. The van der Waals surface area contributed by atoms with Crippen LogP contribution in [0.2, 0.25) is 0 Å². The van der Waals surface area contributed by atoms with Crippen LogP contribution in [0.25, 0.3) is 0 Å². The lowest BCUT2D eigenvalue weighted by Gasteiger charge is -2.25. The lowest BCUT2D eigenvalue weighted by molar-refractivity contribution is -0.151. The van der Waals surface area contributed by atoms with Crippen LogP contribution < -0.4 is 5.73 Å². The second kappa shape index (κ2) is 6.71. The normalized spacial score (nSPS) is 13.1. The van der Waals surface area contributed by atoms with E-state index in [4.69, 9.17) is 10.5 Å². The van der Waals surface area contributed by atoms with Gasteiger partial charge in [0.15, 0.2) is 0 Å². The molecular formula is C16H25NO2. The predicted octanol–water partition coefficient (Wildman–Crippen LogP) is 3.23. The van der Waals surface area contributed by atoms with Gasteiger partial charge >= 0.3 is 5.97 Å². The van der Waals surface area contributed by atoms with Gasteiger partial charge in [-0.05, 0) is 37.8 Å². The minimum absolute atomic E-state index is 0.148. The predicted molar refractivity (Wildman–Crippen MR) is 77.8 cm³/mol. The van der Waals surface area contributed by atoms with E-state index < -0.39 is 5.41 Å². The van der Waals surface area contributed by atoms with Gasteiger partial charge in [-0.15, -0.1) is 0 Å². The van der Waals surface area contributed by atoms with Crippen LogP contribution >= 0.6 is 0 Å². The lowest BCUT2D eigenvalue weighted by atomic mass is 9.83. The molecule has 0 aliphatic heterocycles. The van der Waals surface area contributed by atoms with Gasteiger partial charge in [-0.25, -0.2) is 0 Å². The first-order valence-electron chi connectivity index (χ1n) is 6.83. The summed E-state index contributed by atoms with van der Waals surface area (Å²) >= 11 is 0. The average molecular weight is 263 g/mol. The molecule has 0 aromatic heterocycles. The first-order valence-corrected chi connectivity index (χ1v) is 6.83. The molecule has 0 saturated carbocycles. The zero-order chi connectivity index (χ0) is 14.5. The maximum Gasteiger partial charge on any atom is 0.311 e. The summed E-state index contributed by atoms with van der Waals surface area (Å²) in [6, 6.07) is 8.20. The molecule has 0 spiro atoms. The summed E-state index contributed by atoms with van der Waals surface area (Å²) in [6.07, 6.45) is 2.80. The fraction of sp³-hybridized carbons (Fsp3) is 0.562. The van der Waals surface area contributed by atoms with Crippen molar-refractivity contribution in [2.75, 3.05) is 7.11 Å². The van der Waals surface area contributed by atoms with E-state index in [1.807, 2.05) is 13.8 Å². The Bertz CT molecular complexity index is 409. The number of esters is 1. The summed E-state index contributed by atoms with van der Waals surface area (Å²) in [5, 5.41) is 0. The lowest BCUT2D eigenvalue weighted by Crippen LogP contribution is -2.30. The molecule has 3 heteroatoms.